The Bertz CT molecular complexity index is 1010. The van der Waals surface area contributed by atoms with Gasteiger partial charge in [0.15, 0.2) is 6.61 Å². The van der Waals surface area contributed by atoms with Gasteiger partial charge in [-0.3, -0.25) is 4.79 Å². The van der Waals surface area contributed by atoms with Crippen LogP contribution in [0.15, 0.2) is 41.3 Å². The molecular weight excluding hydrogens is 408 g/mol. The quantitative estimate of drug-likeness (QED) is 0.657. The summed E-state index contributed by atoms with van der Waals surface area (Å²) >= 11 is 5.95. The summed E-state index contributed by atoms with van der Waals surface area (Å²) in [5.74, 6) is -1.06. The number of methoxy groups -OCH3 is 1. The second-order valence-corrected chi connectivity index (χ2v) is 7.97. The molecule has 10 heteroatoms. The Balaban J connectivity index is 2.09. The highest BCUT2D eigenvalue weighted by Gasteiger charge is 2.19. The lowest BCUT2D eigenvalue weighted by atomic mass is 10.2. The lowest BCUT2D eigenvalue weighted by Gasteiger charge is -2.12. The molecule has 2 aromatic carbocycles. The van der Waals surface area contributed by atoms with Gasteiger partial charge in [-0.05, 0) is 49.9 Å². The van der Waals surface area contributed by atoms with Gasteiger partial charge < -0.3 is 14.8 Å². The number of hydrogen-bond acceptors (Lipinski definition) is 6. The summed E-state index contributed by atoms with van der Waals surface area (Å²) in [6.07, 6.45) is 0. The Hall–Kier alpha value is -2.62. The summed E-state index contributed by atoms with van der Waals surface area (Å²) < 4.78 is 36.0. The molecule has 150 valence electrons. The maximum Gasteiger partial charge on any atom is 0.340 e. The Morgan fingerprint density at radius 2 is 1.86 bits per heavy atom. The number of carbonyl (C=O) groups excluding carboxylic acids is 2. The molecule has 0 radical (unpaired) electrons. The van der Waals surface area contributed by atoms with Crippen molar-refractivity contribution in [1.82, 2.24) is 4.72 Å². The topological polar surface area (TPSA) is 111 Å². The minimum absolute atomic E-state index is 0.000754. The van der Waals surface area contributed by atoms with Gasteiger partial charge in [-0.15, -0.1) is 0 Å². The summed E-state index contributed by atoms with van der Waals surface area (Å²) in [5, 5.41) is 2.59. The molecule has 2 rings (SSSR count). The third-order valence-electron chi connectivity index (χ3n) is 3.70. The van der Waals surface area contributed by atoms with Crippen molar-refractivity contribution in [2.45, 2.75) is 11.8 Å². The fourth-order valence-corrected chi connectivity index (χ4v) is 3.21. The Morgan fingerprint density at radius 3 is 2.50 bits per heavy atom. The first-order chi connectivity index (χ1) is 13.2. The van der Waals surface area contributed by atoms with E-state index in [9.17, 15) is 18.0 Å². The molecule has 0 saturated heterocycles. The van der Waals surface area contributed by atoms with Crippen molar-refractivity contribution >= 4 is 39.2 Å². The summed E-state index contributed by atoms with van der Waals surface area (Å²) in [5.41, 5.74) is 1.17. The second-order valence-electron chi connectivity index (χ2n) is 5.68. The van der Waals surface area contributed by atoms with Gasteiger partial charge in [-0.2, -0.15) is 0 Å². The zero-order chi connectivity index (χ0) is 20.9. The maximum absolute atomic E-state index is 12.2. The number of anilines is 1. The van der Waals surface area contributed by atoms with E-state index in [1.807, 2.05) is 13.0 Å². The molecule has 0 saturated carbocycles. The van der Waals surface area contributed by atoms with Crippen LogP contribution in [0, 0.1) is 6.92 Å². The second kappa shape index (κ2) is 9.05. The summed E-state index contributed by atoms with van der Waals surface area (Å²) in [7, 11) is -1.06. The van der Waals surface area contributed by atoms with E-state index < -0.39 is 28.5 Å². The van der Waals surface area contributed by atoms with Crippen molar-refractivity contribution in [3.8, 4) is 5.75 Å². The van der Waals surface area contributed by atoms with Crippen LogP contribution in [-0.4, -0.2) is 41.1 Å². The lowest BCUT2D eigenvalue weighted by Crippen LogP contribution is -2.22. The molecule has 0 spiro atoms. The smallest absolute Gasteiger partial charge is 0.340 e. The largest absolute Gasteiger partial charge is 0.495 e. The summed E-state index contributed by atoms with van der Waals surface area (Å²) in [6, 6.07) is 8.83. The maximum atomic E-state index is 12.2. The summed E-state index contributed by atoms with van der Waals surface area (Å²) in [4.78, 5) is 24.2. The first kappa shape index (κ1) is 21.7. The lowest BCUT2D eigenvalue weighted by molar-refractivity contribution is -0.119. The van der Waals surface area contributed by atoms with Crippen LogP contribution in [0.3, 0.4) is 0 Å². The van der Waals surface area contributed by atoms with Gasteiger partial charge in [0.2, 0.25) is 10.0 Å². The molecule has 0 fully saturated rings. The van der Waals surface area contributed by atoms with Crippen molar-refractivity contribution in [2.24, 2.45) is 0 Å². The minimum atomic E-state index is -3.76. The van der Waals surface area contributed by atoms with Crippen LogP contribution in [0.5, 0.6) is 5.75 Å². The molecular formula is C18H19ClN2O6S. The predicted octanol–water partition coefficient (Wildman–Crippen LogP) is 2.36. The monoisotopic (exact) mass is 426 g/mol. The molecule has 2 aromatic rings. The first-order valence-corrected chi connectivity index (χ1v) is 9.88. The number of benzene rings is 2. The number of halogens is 1. The van der Waals surface area contributed by atoms with E-state index >= 15 is 0 Å². The zero-order valence-corrected chi connectivity index (χ0v) is 17.0. The van der Waals surface area contributed by atoms with E-state index in [1.54, 1.807) is 12.1 Å². The molecule has 0 bridgehead atoms. The molecule has 2 N–H and O–H groups in total. The van der Waals surface area contributed by atoms with Crippen LogP contribution in [0.2, 0.25) is 5.02 Å². The van der Waals surface area contributed by atoms with E-state index in [2.05, 4.69) is 10.0 Å². The SMILES string of the molecule is CNS(=O)(=O)c1ccc(Cl)c(C(=O)OCC(=O)Nc2cc(C)ccc2OC)c1. The Kier molecular flexibility index (Phi) is 7.00. The van der Waals surface area contributed by atoms with E-state index in [0.29, 0.717) is 11.4 Å². The van der Waals surface area contributed by atoms with E-state index in [-0.39, 0.29) is 15.5 Å². The number of hydrogen-bond donors (Lipinski definition) is 2. The number of nitrogens with one attached hydrogen (secondary N) is 2. The van der Waals surface area contributed by atoms with Gasteiger partial charge in [0.25, 0.3) is 5.91 Å². The number of carbonyl (C=O) groups is 2. The molecule has 28 heavy (non-hydrogen) atoms. The Morgan fingerprint density at radius 1 is 1.14 bits per heavy atom. The zero-order valence-electron chi connectivity index (χ0n) is 15.4. The van der Waals surface area contributed by atoms with Gasteiger partial charge in [-0.25, -0.2) is 17.9 Å². The van der Waals surface area contributed by atoms with Crippen molar-refractivity contribution < 1.29 is 27.5 Å². The number of sulfonamides is 1. The van der Waals surface area contributed by atoms with Crippen molar-refractivity contribution in [1.29, 1.82) is 0 Å². The third-order valence-corrected chi connectivity index (χ3v) is 5.44. The van der Waals surface area contributed by atoms with Gasteiger partial charge in [0.1, 0.15) is 5.75 Å². The molecule has 0 heterocycles. The molecule has 1 amide bonds. The number of esters is 1. The standard InChI is InChI=1S/C18H19ClN2O6S/c1-11-4-7-16(26-3)15(8-11)21-17(22)10-27-18(23)13-9-12(5-6-14(13)19)28(24,25)20-2/h4-9,20H,10H2,1-3H3,(H,21,22). The predicted molar refractivity (Wildman–Crippen MR) is 104 cm³/mol. The van der Waals surface area contributed by atoms with Gasteiger partial charge in [-0.1, -0.05) is 17.7 Å². The molecule has 0 aliphatic carbocycles. The first-order valence-electron chi connectivity index (χ1n) is 8.02. The number of ether oxygens (including phenoxy) is 2. The van der Waals surface area contributed by atoms with Crippen LogP contribution in [0.1, 0.15) is 15.9 Å². The van der Waals surface area contributed by atoms with Gasteiger partial charge in [0, 0.05) is 0 Å². The number of amides is 1. The van der Waals surface area contributed by atoms with Crippen LogP contribution in [0.25, 0.3) is 0 Å². The van der Waals surface area contributed by atoms with Crippen molar-refractivity contribution in [3.05, 3.63) is 52.5 Å². The molecule has 0 atom stereocenters. The molecule has 0 aliphatic heterocycles. The molecule has 8 nitrogen and oxygen atoms in total. The molecule has 0 aliphatic rings. The number of aryl methyl sites for hydroxylation is 1. The normalized spacial score (nSPS) is 11.0. The van der Waals surface area contributed by atoms with E-state index in [1.165, 1.54) is 26.3 Å². The van der Waals surface area contributed by atoms with Crippen LogP contribution in [-0.2, 0) is 19.6 Å². The van der Waals surface area contributed by atoms with Crippen LogP contribution < -0.4 is 14.8 Å². The Labute approximate surface area is 167 Å². The fraction of sp³-hybridized carbons (Fsp3) is 0.222. The van der Waals surface area contributed by atoms with Gasteiger partial charge >= 0.3 is 5.97 Å². The number of rotatable bonds is 7. The van der Waals surface area contributed by atoms with E-state index in [4.69, 9.17) is 21.1 Å². The molecule has 0 unspecified atom stereocenters. The van der Waals surface area contributed by atoms with Crippen LogP contribution >= 0.6 is 11.6 Å². The van der Waals surface area contributed by atoms with E-state index in [0.717, 1.165) is 11.6 Å². The average molecular weight is 427 g/mol. The van der Waals surface area contributed by atoms with Crippen LogP contribution in [0.4, 0.5) is 5.69 Å². The average Bonchev–Trinajstić information content (AvgIpc) is 2.66. The highest BCUT2D eigenvalue weighted by molar-refractivity contribution is 7.89. The third kappa shape index (κ3) is 5.22. The van der Waals surface area contributed by atoms with Crippen molar-refractivity contribution in [3.63, 3.8) is 0 Å². The highest BCUT2D eigenvalue weighted by atomic mass is 35.5. The van der Waals surface area contributed by atoms with Crippen molar-refractivity contribution in [2.75, 3.05) is 26.1 Å². The fourth-order valence-electron chi connectivity index (χ4n) is 2.26. The highest BCUT2D eigenvalue weighted by Crippen LogP contribution is 2.25. The van der Waals surface area contributed by atoms with Gasteiger partial charge in [0.05, 0.1) is 28.3 Å². The molecule has 0 aromatic heterocycles. The summed E-state index contributed by atoms with van der Waals surface area (Å²) in [6.45, 7) is 1.26. The minimum Gasteiger partial charge on any atom is -0.495 e.